The summed E-state index contributed by atoms with van der Waals surface area (Å²) in [6, 6.07) is 45.5. The van der Waals surface area contributed by atoms with Gasteiger partial charge in [-0.25, -0.2) is 4.98 Å². The third-order valence-corrected chi connectivity index (χ3v) is 12.0. The van der Waals surface area contributed by atoms with E-state index in [1.807, 2.05) is 24.4 Å². The molecule has 0 spiro atoms. The number of phenols is 1. The number of pyridine rings is 2. The Bertz CT molecular complexity index is 2820. The number of fused-ring (bicyclic) bond motifs is 3. The lowest BCUT2D eigenvalue weighted by Gasteiger charge is -2.26. The highest BCUT2D eigenvalue weighted by Crippen LogP contribution is 2.40. The highest BCUT2D eigenvalue weighted by atomic mass is 16.3. The largest absolute Gasteiger partial charge is 0.507 e. The zero-order valence-corrected chi connectivity index (χ0v) is 37.5. The lowest BCUT2D eigenvalue weighted by Crippen LogP contribution is -2.16. The number of nitrogens with zero attached hydrogens (tertiary/aromatic N) is 3. The average Bonchev–Trinajstić information content (AvgIpc) is 3.53. The van der Waals surface area contributed by atoms with Gasteiger partial charge in [-0.1, -0.05) is 144 Å². The first-order valence-electron chi connectivity index (χ1n) is 21.3. The molecule has 0 saturated carbocycles. The SMILES string of the molecule is CC(C)(C)c1cc(-c2cc(-c3cccc(-c4cc(-n5c6ccc(C(C)(C)C)cc6c6cc(C(C)(C)C)ccc65)ccn4)c3)nc(-c3ccccc3O)c2)cc(C(C)(C)C)c1. The van der Waals surface area contributed by atoms with E-state index in [0.29, 0.717) is 5.56 Å². The number of rotatable bonds is 5. The van der Waals surface area contributed by atoms with E-state index in [4.69, 9.17) is 9.97 Å². The van der Waals surface area contributed by atoms with Crippen molar-refractivity contribution in [3.8, 4) is 56.3 Å². The number of para-hydroxylation sites is 1. The highest BCUT2D eigenvalue weighted by Gasteiger charge is 2.24. The van der Waals surface area contributed by atoms with E-state index in [-0.39, 0.29) is 27.4 Å². The molecule has 304 valence electrons. The number of aromatic hydroxyl groups is 1. The first-order chi connectivity index (χ1) is 28.1. The van der Waals surface area contributed by atoms with Crippen molar-refractivity contribution in [3.05, 3.63) is 156 Å². The van der Waals surface area contributed by atoms with Gasteiger partial charge in [0, 0.05) is 39.3 Å². The van der Waals surface area contributed by atoms with Gasteiger partial charge in [-0.3, -0.25) is 4.98 Å². The predicted octanol–water partition coefficient (Wildman–Crippen LogP) is 15.1. The Morgan fingerprint density at radius 1 is 0.417 bits per heavy atom. The minimum Gasteiger partial charge on any atom is -0.507 e. The van der Waals surface area contributed by atoms with Crippen LogP contribution in [0.25, 0.3) is 72.4 Å². The van der Waals surface area contributed by atoms with Crippen LogP contribution in [0.2, 0.25) is 0 Å². The fourth-order valence-corrected chi connectivity index (χ4v) is 8.12. The molecule has 3 heterocycles. The van der Waals surface area contributed by atoms with E-state index in [2.05, 4.69) is 191 Å². The Morgan fingerprint density at radius 2 is 0.933 bits per heavy atom. The van der Waals surface area contributed by atoms with Gasteiger partial charge in [0.25, 0.3) is 0 Å². The van der Waals surface area contributed by atoms with Crippen molar-refractivity contribution in [2.24, 2.45) is 0 Å². The molecule has 4 nitrogen and oxygen atoms in total. The van der Waals surface area contributed by atoms with Crippen LogP contribution < -0.4 is 0 Å². The summed E-state index contributed by atoms with van der Waals surface area (Å²) in [5, 5.41) is 13.6. The molecule has 0 fully saturated rings. The quantitative estimate of drug-likeness (QED) is 0.189. The maximum Gasteiger partial charge on any atom is 0.124 e. The van der Waals surface area contributed by atoms with E-state index in [0.717, 1.165) is 45.0 Å². The molecule has 8 rings (SSSR count). The standard InChI is InChI=1S/C56H59N3O/c1-53(2,3)39-20-22-50-45(32-39)46-33-40(54(4,5)6)21-23-51(46)59(50)43-24-25-57-47(34-43)35-16-15-17-36(26-35)48-29-38(30-49(58-48)44-18-13-14-19-52(44)60)37-27-41(55(7,8)9)31-42(28-37)56(10,11)12/h13-34,60H,1-12H3. The fourth-order valence-electron chi connectivity index (χ4n) is 8.12. The monoisotopic (exact) mass is 789 g/mol. The van der Waals surface area contributed by atoms with E-state index >= 15 is 0 Å². The lowest BCUT2D eigenvalue weighted by atomic mass is 9.79. The van der Waals surface area contributed by atoms with Crippen molar-refractivity contribution < 1.29 is 5.11 Å². The maximum atomic E-state index is 11.1. The molecule has 3 aromatic heterocycles. The molecular weight excluding hydrogens is 731 g/mol. The summed E-state index contributed by atoms with van der Waals surface area (Å²) in [5.74, 6) is 0.205. The Morgan fingerprint density at radius 3 is 1.48 bits per heavy atom. The first kappa shape index (κ1) is 40.8. The third kappa shape index (κ3) is 7.88. The van der Waals surface area contributed by atoms with Gasteiger partial charge in [0.1, 0.15) is 5.75 Å². The second-order valence-electron chi connectivity index (χ2n) is 20.7. The average molecular weight is 790 g/mol. The molecular formula is C56H59N3O. The summed E-state index contributed by atoms with van der Waals surface area (Å²) >= 11 is 0. The van der Waals surface area contributed by atoms with Gasteiger partial charge in [-0.05, 0) is 122 Å². The molecule has 0 unspecified atom stereocenters. The Labute approximate surface area is 357 Å². The zero-order valence-electron chi connectivity index (χ0n) is 37.5. The molecule has 5 aromatic carbocycles. The minimum atomic E-state index is -0.0355. The van der Waals surface area contributed by atoms with Crippen molar-refractivity contribution in [1.82, 2.24) is 14.5 Å². The van der Waals surface area contributed by atoms with Crippen molar-refractivity contribution in [3.63, 3.8) is 0 Å². The lowest BCUT2D eigenvalue weighted by molar-refractivity contribution is 0.477. The van der Waals surface area contributed by atoms with Crippen molar-refractivity contribution in [2.45, 2.75) is 105 Å². The van der Waals surface area contributed by atoms with Crippen LogP contribution >= 0.6 is 0 Å². The molecule has 0 saturated heterocycles. The smallest absolute Gasteiger partial charge is 0.124 e. The molecule has 0 amide bonds. The number of phenolic OH excluding ortho intramolecular Hbond substituents is 1. The summed E-state index contributed by atoms with van der Waals surface area (Å²) in [6.45, 7) is 27.3. The van der Waals surface area contributed by atoms with E-state index in [1.165, 1.54) is 44.1 Å². The number of hydrogen-bond donors (Lipinski definition) is 1. The van der Waals surface area contributed by atoms with E-state index in [9.17, 15) is 5.11 Å². The fraction of sp³-hybridized carbons (Fsp3) is 0.286. The van der Waals surface area contributed by atoms with E-state index in [1.54, 1.807) is 6.07 Å². The number of aromatic nitrogens is 3. The summed E-state index contributed by atoms with van der Waals surface area (Å²) in [6.07, 6.45) is 1.92. The molecule has 60 heavy (non-hydrogen) atoms. The molecule has 1 N–H and O–H groups in total. The second-order valence-corrected chi connectivity index (χ2v) is 20.7. The summed E-state index contributed by atoms with van der Waals surface area (Å²) in [4.78, 5) is 10.2. The Kier molecular flexibility index (Phi) is 9.93. The van der Waals surface area contributed by atoms with Crippen LogP contribution in [-0.4, -0.2) is 19.6 Å². The van der Waals surface area contributed by atoms with Gasteiger partial charge in [0.2, 0.25) is 0 Å². The molecule has 4 heteroatoms. The van der Waals surface area contributed by atoms with Crippen LogP contribution in [0.1, 0.15) is 105 Å². The van der Waals surface area contributed by atoms with Gasteiger partial charge >= 0.3 is 0 Å². The van der Waals surface area contributed by atoms with Gasteiger partial charge in [0.05, 0.1) is 28.1 Å². The minimum absolute atomic E-state index is 0.0293. The van der Waals surface area contributed by atoms with Gasteiger partial charge in [-0.15, -0.1) is 0 Å². The summed E-state index contributed by atoms with van der Waals surface area (Å²) < 4.78 is 2.39. The highest BCUT2D eigenvalue weighted by molar-refractivity contribution is 6.10. The van der Waals surface area contributed by atoms with Crippen molar-refractivity contribution in [2.75, 3.05) is 0 Å². The number of hydrogen-bond acceptors (Lipinski definition) is 3. The van der Waals surface area contributed by atoms with Crippen LogP contribution in [0.15, 0.2) is 134 Å². The van der Waals surface area contributed by atoms with Crippen LogP contribution in [0, 0.1) is 0 Å². The van der Waals surface area contributed by atoms with Crippen LogP contribution in [0.4, 0.5) is 0 Å². The molecule has 0 bridgehead atoms. The van der Waals surface area contributed by atoms with Crippen LogP contribution in [0.3, 0.4) is 0 Å². The Balaban J connectivity index is 1.28. The zero-order chi connectivity index (χ0) is 42.9. The molecule has 0 aliphatic heterocycles. The normalized spacial score (nSPS) is 12.7. The summed E-state index contributed by atoms with van der Waals surface area (Å²) in [5.41, 5.74) is 15.9. The third-order valence-electron chi connectivity index (χ3n) is 12.0. The first-order valence-corrected chi connectivity index (χ1v) is 21.3. The second kappa shape index (κ2) is 14.6. The number of benzene rings is 5. The van der Waals surface area contributed by atoms with E-state index < -0.39 is 0 Å². The summed E-state index contributed by atoms with van der Waals surface area (Å²) in [7, 11) is 0. The van der Waals surface area contributed by atoms with Gasteiger partial charge in [0.15, 0.2) is 0 Å². The Hall–Kier alpha value is -6.00. The maximum absolute atomic E-state index is 11.1. The molecule has 0 aliphatic carbocycles. The molecule has 0 radical (unpaired) electrons. The van der Waals surface area contributed by atoms with Crippen molar-refractivity contribution in [1.29, 1.82) is 0 Å². The van der Waals surface area contributed by atoms with Crippen molar-refractivity contribution >= 4 is 21.8 Å². The van der Waals surface area contributed by atoms with Crippen LogP contribution in [-0.2, 0) is 21.7 Å². The molecule has 0 aliphatic rings. The molecule has 8 aromatic rings. The topological polar surface area (TPSA) is 50.9 Å². The predicted molar refractivity (Wildman–Crippen MR) is 255 cm³/mol. The molecule has 0 atom stereocenters. The van der Waals surface area contributed by atoms with Gasteiger partial charge in [-0.2, -0.15) is 0 Å². The van der Waals surface area contributed by atoms with Crippen LogP contribution in [0.5, 0.6) is 5.75 Å². The van der Waals surface area contributed by atoms with Gasteiger partial charge < -0.3 is 9.67 Å².